The molecule has 0 aromatic heterocycles. The number of nitrogens with zero attached hydrogens (tertiary/aromatic N) is 1. The Morgan fingerprint density at radius 2 is 1.70 bits per heavy atom. The summed E-state index contributed by atoms with van der Waals surface area (Å²) in [6, 6.07) is 10.4. The number of methoxy groups -OCH3 is 3. The Morgan fingerprint density at radius 3 is 2.37 bits per heavy atom. The first-order chi connectivity index (χ1) is 14.4. The molecule has 0 radical (unpaired) electrons. The van der Waals surface area contributed by atoms with Crippen LogP contribution in [-0.2, 0) is 14.3 Å². The van der Waals surface area contributed by atoms with Gasteiger partial charge in [-0.15, -0.1) is 0 Å². The lowest BCUT2D eigenvalue weighted by Gasteiger charge is -2.15. The van der Waals surface area contributed by atoms with Gasteiger partial charge in [0.25, 0.3) is 11.8 Å². The van der Waals surface area contributed by atoms with Crippen LogP contribution in [0.5, 0.6) is 11.5 Å². The molecule has 7 nitrogen and oxygen atoms in total. The molecule has 1 aliphatic rings. The minimum Gasteiger partial charge on any atom is -0.493 e. The number of hydrogen-bond acceptors (Lipinski definition) is 6. The van der Waals surface area contributed by atoms with E-state index >= 15 is 0 Å². The van der Waals surface area contributed by atoms with E-state index in [1.807, 2.05) is 13.0 Å². The molecule has 1 heterocycles. The Morgan fingerprint density at radius 1 is 0.967 bits per heavy atom. The van der Waals surface area contributed by atoms with Gasteiger partial charge in [0.15, 0.2) is 11.5 Å². The molecule has 1 N–H and O–H groups in total. The van der Waals surface area contributed by atoms with E-state index < -0.39 is 11.8 Å². The molecule has 0 bridgehead atoms. The quantitative estimate of drug-likeness (QED) is 0.646. The van der Waals surface area contributed by atoms with Gasteiger partial charge in [-0.05, 0) is 42.3 Å². The molecule has 158 valence electrons. The molecule has 1 aliphatic heterocycles. The van der Waals surface area contributed by atoms with Gasteiger partial charge in [-0.3, -0.25) is 14.5 Å². The number of amides is 2. The Hall–Kier alpha value is -3.03. The van der Waals surface area contributed by atoms with Crippen LogP contribution in [0.25, 0.3) is 5.57 Å². The van der Waals surface area contributed by atoms with Crippen molar-refractivity contribution < 1.29 is 23.8 Å². The predicted molar refractivity (Wildman–Crippen MR) is 115 cm³/mol. The number of rotatable bonds is 8. The zero-order valence-electron chi connectivity index (χ0n) is 17.2. The highest BCUT2D eigenvalue weighted by Gasteiger charge is 2.39. The molecule has 0 fully saturated rings. The molecule has 0 unspecified atom stereocenters. The van der Waals surface area contributed by atoms with Gasteiger partial charge in [-0.2, -0.15) is 0 Å². The van der Waals surface area contributed by atoms with E-state index in [0.717, 1.165) is 10.5 Å². The smallest absolute Gasteiger partial charge is 0.278 e. The molecule has 0 aliphatic carbocycles. The molecule has 8 heteroatoms. The van der Waals surface area contributed by atoms with Crippen molar-refractivity contribution in [3.05, 3.63) is 58.2 Å². The van der Waals surface area contributed by atoms with Crippen LogP contribution in [0.3, 0.4) is 0 Å². The second-order valence-corrected chi connectivity index (χ2v) is 7.10. The molecule has 2 amide bonds. The average molecular weight is 431 g/mol. The summed E-state index contributed by atoms with van der Waals surface area (Å²) in [5, 5.41) is 3.64. The standard InChI is InChI=1S/C22H23ClN2O5/c1-13-5-7-15(23)12-16(13)24-20-19(21(26)25(22(20)27)9-10-28-2)14-6-8-17(29-3)18(11-14)30-4/h5-8,11-12,24H,9-10H2,1-4H3. The number of carbonyl (C=O) groups excluding carboxylic acids is 2. The largest absolute Gasteiger partial charge is 0.493 e. The number of nitrogens with one attached hydrogen (secondary N) is 1. The highest BCUT2D eigenvalue weighted by atomic mass is 35.5. The number of aryl methyl sites for hydroxylation is 1. The fraction of sp³-hybridized carbons (Fsp3) is 0.273. The highest BCUT2D eigenvalue weighted by molar-refractivity contribution is 6.36. The van der Waals surface area contributed by atoms with Crippen LogP contribution in [-0.4, -0.2) is 51.2 Å². The summed E-state index contributed by atoms with van der Waals surface area (Å²) in [6.45, 7) is 2.27. The van der Waals surface area contributed by atoms with Crippen molar-refractivity contribution in [1.82, 2.24) is 4.90 Å². The van der Waals surface area contributed by atoms with E-state index in [2.05, 4.69) is 5.32 Å². The monoisotopic (exact) mass is 430 g/mol. The van der Waals surface area contributed by atoms with Gasteiger partial charge >= 0.3 is 0 Å². The number of hydrogen-bond donors (Lipinski definition) is 1. The van der Waals surface area contributed by atoms with Crippen LogP contribution < -0.4 is 14.8 Å². The number of anilines is 1. The lowest BCUT2D eigenvalue weighted by Crippen LogP contribution is -2.35. The summed E-state index contributed by atoms with van der Waals surface area (Å²) in [7, 11) is 4.56. The number of ether oxygens (including phenoxy) is 3. The van der Waals surface area contributed by atoms with Crippen molar-refractivity contribution in [2.75, 3.05) is 39.8 Å². The minimum absolute atomic E-state index is 0.144. The van der Waals surface area contributed by atoms with Crippen LogP contribution in [0.4, 0.5) is 5.69 Å². The van der Waals surface area contributed by atoms with E-state index in [1.165, 1.54) is 21.3 Å². The molecule has 3 rings (SSSR count). The third-order valence-electron chi connectivity index (χ3n) is 4.82. The summed E-state index contributed by atoms with van der Waals surface area (Å²) in [5.74, 6) is 0.138. The van der Waals surface area contributed by atoms with Crippen LogP contribution in [0.15, 0.2) is 42.1 Å². The minimum atomic E-state index is -0.429. The number of imide groups is 1. The lowest BCUT2D eigenvalue weighted by molar-refractivity contribution is -0.137. The maximum atomic E-state index is 13.2. The molecule has 30 heavy (non-hydrogen) atoms. The lowest BCUT2D eigenvalue weighted by atomic mass is 10.0. The van der Waals surface area contributed by atoms with Crippen LogP contribution in [0, 0.1) is 6.92 Å². The van der Waals surface area contributed by atoms with E-state index in [0.29, 0.717) is 27.8 Å². The summed E-state index contributed by atoms with van der Waals surface area (Å²) < 4.78 is 15.7. The molecule has 0 saturated carbocycles. The fourth-order valence-corrected chi connectivity index (χ4v) is 3.37. The SMILES string of the molecule is COCCN1C(=O)C(Nc2cc(Cl)ccc2C)=C(c2ccc(OC)c(OC)c2)C1=O. The maximum Gasteiger partial charge on any atom is 0.278 e. The van der Waals surface area contributed by atoms with E-state index in [9.17, 15) is 9.59 Å². The van der Waals surface area contributed by atoms with Crippen molar-refractivity contribution in [1.29, 1.82) is 0 Å². The summed E-state index contributed by atoms with van der Waals surface area (Å²) in [6.07, 6.45) is 0. The maximum absolute atomic E-state index is 13.2. The summed E-state index contributed by atoms with van der Waals surface area (Å²) in [4.78, 5) is 27.5. The molecular weight excluding hydrogens is 408 g/mol. The van der Waals surface area contributed by atoms with Gasteiger partial charge in [0.1, 0.15) is 5.70 Å². The number of benzene rings is 2. The van der Waals surface area contributed by atoms with Gasteiger partial charge in [0.2, 0.25) is 0 Å². The third kappa shape index (κ3) is 4.13. The van der Waals surface area contributed by atoms with Crippen molar-refractivity contribution in [3.8, 4) is 11.5 Å². The third-order valence-corrected chi connectivity index (χ3v) is 5.05. The normalized spacial score (nSPS) is 13.8. The van der Waals surface area contributed by atoms with E-state index in [1.54, 1.807) is 30.3 Å². The first kappa shape index (κ1) is 21.7. The molecule has 0 saturated heterocycles. The average Bonchev–Trinajstić information content (AvgIpc) is 2.97. The Kier molecular flexibility index (Phi) is 6.64. The Labute approximate surface area is 180 Å². The molecule has 0 atom stereocenters. The zero-order chi connectivity index (χ0) is 21.8. The van der Waals surface area contributed by atoms with Gasteiger partial charge in [0.05, 0.1) is 32.9 Å². The van der Waals surface area contributed by atoms with Crippen molar-refractivity contribution >= 4 is 34.7 Å². The Bertz CT molecular complexity index is 1020. The van der Waals surface area contributed by atoms with Crippen molar-refractivity contribution in [3.63, 3.8) is 0 Å². The second kappa shape index (κ2) is 9.19. The van der Waals surface area contributed by atoms with Crippen LogP contribution >= 0.6 is 11.6 Å². The van der Waals surface area contributed by atoms with Crippen LogP contribution in [0.2, 0.25) is 5.02 Å². The second-order valence-electron chi connectivity index (χ2n) is 6.66. The first-order valence-electron chi connectivity index (χ1n) is 9.26. The van der Waals surface area contributed by atoms with Crippen molar-refractivity contribution in [2.45, 2.75) is 6.92 Å². The topological polar surface area (TPSA) is 77.1 Å². The predicted octanol–water partition coefficient (Wildman–Crippen LogP) is 3.50. The molecule has 2 aromatic rings. The fourth-order valence-electron chi connectivity index (χ4n) is 3.20. The Balaban J connectivity index is 2.12. The summed E-state index contributed by atoms with van der Waals surface area (Å²) >= 11 is 6.13. The molecular formula is C22H23ClN2O5. The highest BCUT2D eigenvalue weighted by Crippen LogP contribution is 2.36. The zero-order valence-corrected chi connectivity index (χ0v) is 18.0. The number of carbonyl (C=O) groups is 2. The molecule has 0 spiro atoms. The van der Waals surface area contributed by atoms with Gasteiger partial charge in [-0.1, -0.05) is 23.7 Å². The van der Waals surface area contributed by atoms with Gasteiger partial charge in [0, 0.05) is 17.8 Å². The molecule has 2 aromatic carbocycles. The van der Waals surface area contributed by atoms with Gasteiger partial charge < -0.3 is 19.5 Å². The first-order valence-corrected chi connectivity index (χ1v) is 9.64. The number of halogens is 1. The van der Waals surface area contributed by atoms with Gasteiger partial charge in [-0.25, -0.2) is 0 Å². The van der Waals surface area contributed by atoms with E-state index in [4.69, 9.17) is 25.8 Å². The van der Waals surface area contributed by atoms with Crippen LogP contribution in [0.1, 0.15) is 11.1 Å². The van der Waals surface area contributed by atoms with E-state index in [-0.39, 0.29) is 24.4 Å². The van der Waals surface area contributed by atoms with Crippen molar-refractivity contribution in [2.24, 2.45) is 0 Å². The summed E-state index contributed by atoms with van der Waals surface area (Å²) in [5.41, 5.74) is 2.48.